The maximum absolute atomic E-state index is 13.3. The van der Waals surface area contributed by atoms with Gasteiger partial charge in [-0.3, -0.25) is 0 Å². The number of hydrogen-bond acceptors (Lipinski definition) is 5. The predicted molar refractivity (Wildman–Crippen MR) is 109 cm³/mol. The molecule has 1 fully saturated rings. The van der Waals surface area contributed by atoms with Crippen LogP contribution in [0.2, 0.25) is 0 Å². The third-order valence-electron chi connectivity index (χ3n) is 5.71. The van der Waals surface area contributed by atoms with Gasteiger partial charge in [0.2, 0.25) is 0 Å². The number of ether oxygens (including phenoxy) is 2. The lowest BCUT2D eigenvalue weighted by Gasteiger charge is -2.42. The minimum atomic E-state index is -4.50. The number of methoxy groups -OCH3 is 1. The quantitative estimate of drug-likeness (QED) is 0.583. The number of halogens is 3. The van der Waals surface area contributed by atoms with E-state index in [4.69, 9.17) is 9.47 Å². The highest BCUT2D eigenvalue weighted by atomic mass is 19.4. The number of aryl methyl sites for hydroxylation is 2. The zero-order valence-corrected chi connectivity index (χ0v) is 17.7. The van der Waals surface area contributed by atoms with Crippen LogP contribution in [0.4, 0.5) is 13.2 Å². The van der Waals surface area contributed by atoms with Gasteiger partial charge in [-0.25, -0.2) is 0 Å². The molecule has 2 aromatic heterocycles. The molecule has 2 heterocycles. The van der Waals surface area contributed by atoms with Crippen molar-refractivity contribution in [2.24, 2.45) is 0 Å². The first-order chi connectivity index (χ1) is 14.5. The van der Waals surface area contributed by atoms with Gasteiger partial charge in [-0.15, -0.1) is 10.2 Å². The van der Waals surface area contributed by atoms with E-state index in [2.05, 4.69) is 14.8 Å². The Morgan fingerprint density at radius 3 is 2.48 bits per heavy atom. The smallest absolute Gasteiger partial charge is 0.416 e. The van der Waals surface area contributed by atoms with Gasteiger partial charge in [0.25, 0.3) is 0 Å². The Morgan fingerprint density at radius 2 is 1.87 bits per heavy atom. The summed E-state index contributed by atoms with van der Waals surface area (Å²) in [6, 6.07) is 5.95. The molecule has 0 amide bonds. The summed E-state index contributed by atoms with van der Waals surface area (Å²) in [5, 5.41) is 19.6. The van der Waals surface area contributed by atoms with Crippen LogP contribution in [0.3, 0.4) is 0 Å². The molecule has 6 nitrogen and oxygen atoms in total. The van der Waals surface area contributed by atoms with Gasteiger partial charge in [0.15, 0.2) is 12.4 Å². The number of hydrogen-bond donors (Lipinski definition) is 1. The summed E-state index contributed by atoms with van der Waals surface area (Å²) in [5.74, 6) is 0.0361. The van der Waals surface area contributed by atoms with E-state index in [1.807, 2.05) is 19.9 Å². The van der Waals surface area contributed by atoms with Crippen LogP contribution in [0.5, 0.6) is 5.75 Å². The highest BCUT2D eigenvalue weighted by Crippen LogP contribution is 2.44. The molecule has 1 saturated carbocycles. The van der Waals surface area contributed by atoms with Crippen molar-refractivity contribution in [3.8, 4) is 17.0 Å². The molecule has 0 spiro atoms. The summed E-state index contributed by atoms with van der Waals surface area (Å²) in [5.41, 5.74) is 1.44. The molecule has 1 aromatic carbocycles. The van der Waals surface area contributed by atoms with Gasteiger partial charge in [-0.1, -0.05) is 0 Å². The average Bonchev–Trinajstić information content (AvgIpc) is 2.97. The van der Waals surface area contributed by atoms with Gasteiger partial charge in [0.1, 0.15) is 5.75 Å². The first-order valence-corrected chi connectivity index (χ1v) is 9.92. The second-order valence-electron chi connectivity index (χ2n) is 8.44. The molecule has 3 aromatic rings. The lowest BCUT2D eigenvalue weighted by molar-refractivity contribution is -0.137. The van der Waals surface area contributed by atoms with Gasteiger partial charge >= 0.3 is 6.18 Å². The Bertz CT molecular complexity index is 1130. The largest absolute Gasteiger partial charge is 0.467 e. The number of fused-ring (bicyclic) bond motifs is 1. The fourth-order valence-corrected chi connectivity index (χ4v) is 4.36. The van der Waals surface area contributed by atoms with Crippen LogP contribution in [-0.4, -0.2) is 39.4 Å². The van der Waals surface area contributed by atoms with Crippen LogP contribution < -0.4 is 4.74 Å². The molecule has 1 N–H and O–H groups in total. The summed E-state index contributed by atoms with van der Waals surface area (Å²) in [4.78, 5) is 0. The van der Waals surface area contributed by atoms with Crippen molar-refractivity contribution >= 4 is 11.0 Å². The van der Waals surface area contributed by atoms with E-state index in [0.717, 1.165) is 23.2 Å². The lowest BCUT2D eigenvalue weighted by Crippen LogP contribution is -2.42. The van der Waals surface area contributed by atoms with Crippen LogP contribution in [-0.2, 0) is 10.9 Å². The van der Waals surface area contributed by atoms with Crippen LogP contribution >= 0.6 is 0 Å². The summed E-state index contributed by atoms with van der Waals surface area (Å²) in [7, 11) is 1.40. The SMILES string of the molecule is COCOc1cc(C(F)(F)F)cc(C)c1-c1cc2cc(C)n(C3CC(C)(O)C3)c2nn1. The van der Waals surface area contributed by atoms with Crippen LogP contribution in [0.15, 0.2) is 24.3 Å². The van der Waals surface area contributed by atoms with Crippen molar-refractivity contribution in [3.05, 3.63) is 41.1 Å². The van der Waals surface area contributed by atoms with E-state index in [-0.39, 0.29) is 18.6 Å². The first kappa shape index (κ1) is 21.6. The summed E-state index contributed by atoms with van der Waals surface area (Å²) in [6.45, 7) is 5.16. The fourth-order valence-electron chi connectivity index (χ4n) is 4.36. The highest BCUT2D eigenvalue weighted by Gasteiger charge is 2.40. The molecule has 9 heteroatoms. The zero-order chi connectivity index (χ0) is 22.6. The Labute approximate surface area is 177 Å². The Balaban J connectivity index is 1.79. The van der Waals surface area contributed by atoms with Crippen molar-refractivity contribution in [3.63, 3.8) is 0 Å². The van der Waals surface area contributed by atoms with Crippen molar-refractivity contribution in [2.45, 2.75) is 51.4 Å². The number of alkyl halides is 3. The second kappa shape index (κ2) is 7.49. The summed E-state index contributed by atoms with van der Waals surface area (Å²) in [6.07, 6.45) is -3.23. The van der Waals surface area contributed by atoms with Crippen molar-refractivity contribution in [2.75, 3.05) is 13.9 Å². The van der Waals surface area contributed by atoms with Crippen molar-refractivity contribution in [1.82, 2.24) is 14.8 Å². The van der Waals surface area contributed by atoms with Crippen molar-refractivity contribution < 1.29 is 27.8 Å². The first-order valence-electron chi connectivity index (χ1n) is 9.92. The van der Waals surface area contributed by atoms with Gasteiger partial charge < -0.3 is 19.1 Å². The van der Waals surface area contributed by atoms with E-state index in [1.54, 1.807) is 13.0 Å². The highest BCUT2D eigenvalue weighted by molar-refractivity contribution is 5.83. The molecule has 0 bridgehead atoms. The predicted octanol–water partition coefficient (Wildman–Crippen LogP) is 4.80. The maximum atomic E-state index is 13.3. The van der Waals surface area contributed by atoms with Gasteiger partial charge in [0, 0.05) is 29.8 Å². The summed E-state index contributed by atoms with van der Waals surface area (Å²) >= 11 is 0. The number of aromatic nitrogens is 3. The van der Waals surface area contributed by atoms with Gasteiger partial charge in [-0.2, -0.15) is 13.2 Å². The van der Waals surface area contributed by atoms with Crippen LogP contribution in [0.1, 0.15) is 42.6 Å². The topological polar surface area (TPSA) is 69.4 Å². The molecule has 31 heavy (non-hydrogen) atoms. The molecule has 4 rings (SSSR count). The van der Waals surface area contributed by atoms with Gasteiger partial charge in [-0.05, 0) is 63.4 Å². The summed E-state index contributed by atoms with van der Waals surface area (Å²) < 4.78 is 52.3. The minimum absolute atomic E-state index is 0.0361. The Hall–Kier alpha value is -2.65. The van der Waals surface area contributed by atoms with Crippen LogP contribution in [0, 0.1) is 13.8 Å². The number of benzene rings is 1. The average molecular weight is 435 g/mol. The molecular weight excluding hydrogens is 411 g/mol. The minimum Gasteiger partial charge on any atom is -0.467 e. The maximum Gasteiger partial charge on any atom is 0.416 e. The van der Waals surface area contributed by atoms with Gasteiger partial charge in [0.05, 0.1) is 16.9 Å². The molecule has 1 aliphatic rings. The van der Waals surface area contributed by atoms with E-state index in [1.165, 1.54) is 7.11 Å². The molecule has 0 saturated heterocycles. The lowest BCUT2D eigenvalue weighted by atomic mass is 9.77. The normalized spacial score (nSPS) is 21.4. The fraction of sp³-hybridized carbons (Fsp3) is 0.455. The zero-order valence-electron chi connectivity index (χ0n) is 17.7. The van der Waals surface area contributed by atoms with Crippen LogP contribution in [0.25, 0.3) is 22.3 Å². The number of aliphatic hydroxyl groups is 1. The molecular formula is C22H24F3N3O3. The molecule has 166 valence electrons. The van der Waals surface area contributed by atoms with E-state index in [0.29, 0.717) is 35.3 Å². The molecule has 0 aliphatic heterocycles. The Kier molecular flexibility index (Phi) is 5.21. The molecule has 0 atom stereocenters. The van der Waals surface area contributed by atoms with E-state index < -0.39 is 17.3 Å². The molecule has 0 radical (unpaired) electrons. The van der Waals surface area contributed by atoms with E-state index >= 15 is 0 Å². The standard InChI is InChI=1S/C22H24F3N3O3/c1-12-5-15(22(23,24)25)8-18(31-11-30-4)19(12)17-7-14-6-13(2)28(20(14)27-26-17)16-9-21(3,29)10-16/h5-8,16,29H,9-11H2,1-4H3. The monoisotopic (exact) mass is 435 g/mol. The number of nitrogens with zero attached hydrogens (tertiary/aromatic N) is 3. The number of rotatable bonds is 5. The van der Waals surface area contributed by atoms with E-state index in [9.17, 15) is 18.3 Å². The third-order valence-corrected chi connectivity index (χ3v) is 5.71. The Morgan fingerprint density at radius 1 is 1.16 bits per heavy atom. The molecule has 0 unspecified atom stereocenters. The third kappa shape index (κ3) is 3.99. The molecule has 1 aliphatic carbocycles. The second-order valence-corrected chi connectivity index (χ2v) is 8.44. The van der Waals surface area contributed by atoms with Crippen molar-refractivity contribution in [1.29, 1.82) is 0 Å².